The van der Waals surface area contributed by atoms with Crippen molar-refractivity contribution in [1.82, 2.24) is 10.2 Å². The van der Waals surface area contributed by atoms with Gasteiger partial charge in [0, 0.05) is 37.6 Å². The van der Waals surface area contributed by atoms with Crippen LogP contribution in [0.2, 0.25) is 0 Å². The maximum absolute atomic E-state index is 12.0. The number of sulfone groups is 1. The first-order chi connectivity index (χ1) is 9.86. The number of nitrogens with one attached hydrogen (secondary N) is 2. The minimum atomic E-state index is -3.21. The summed E-state index contributed by atoms with van der Waals surface area (Å²) in [6, 6.07) is 6.54. The zero-order valence-corrected chi connectivity index (χ0v) is 14.3. The predicted octanol–water partition coefficient (Wildman–Crippen LogP) is 0.744. The molecule has 1 saturated heterocycles. The molecule has 2 N–H and O–H groups in total. The number of hydrogen-bond acceptors (Lipinski definition) is 5. The molecule has 8 heteroatoms. The van der Waals surface area contributed by atoms with Gasteiger partial charge in [0.25, 0.3) is 0 Å². The highest BCUT2D eigenvalue weighted by Gasteiger charge is 2.20. The lowest BCUT2D eigenvalue weighted by atomic mass is 10.2. The van der Waals surface area contributed by atoms with Crippen LogP contribution in [0.25, 0.3) is 0 Å². The minimum Gasteiger partial charge on any atom is -0.325 e. The van der Waals surface area contributed by atoms with E-state index < -0.39 is 9.84 Å². The fourth-order valence-corrected chi connectivity index (χ4v) is 2.92. The van der Waals surface area contributed by atoms with Crippen molar-refractivity contribution in [2.24, 2.45) is 0 Å². The average Bonchev–Trinajstić information content (AvgIpc) is 2.41. The van der Waals surface area contributed by atoms with E-state index in [4.69, 9.17) is 0 Å². The number of carbonyl (C=O) groups excluding carboxylic acids is 1. The molecular formula is C14H22ClN3O3S. The first-order valence-electron chi connectivity index (χ1n) is 6.91. The quantitative estimate of drug-likeness (QED) is 0.840. The van der Waals surface area contributed by atoms with Crippen molar-refractivity contribution in [3.8, 4) is 0 Å². The number of hydrogen-bond donors (Lipinski definition) is 2. The van der Waals surface area contributed by atoms with Gasteiger partial charge in [0.15, 0.2) is 9.84 Å². The van der Waals surface area contributed by atoms with Crippen molar-refractivity contribution < 1.29 is 13.2 Å². The first kappa shape index (κ1) is 18.9. The number of amides is 1. The molecule has 1 aromatic carbocycles. The summed E-state index contributed by atoms with van der Waals surface area (Å²) in [6.07, 6.45) is 1.16. The molecule has 124 valence electrons. The Balaban J connectivity index is 0.00000242. The Hall–Kier alpha value is -1.15. The Labute approximate surface area is 137 Å². The third-order valence-electron chi connectivity index (χ3n) is 3.55. The van der Waals surface area contributed by atoms with Crippen LogP contribution in [-0.4, -0.2) is 57.7 Å². The molecule has 1 heterocycles. The molecule has 1 atom stereocenters. The number of halogens is 1. The lowest BCUT2D eigenvalue weighted by Crippen LogP contribution is -2.51. The van der Waals surface area contributed by atoms with Gasteiger partial charge in [-0.25, -0.2) is 8.42 Å². The maximum Gasteiger partial charge on any atom is 0.238 e. The lowest BCUT2D eigenvalue weighted by Gasteiger charge is -2.33. The van der Waals surface area contributed by atoms with Gasteiger partial charge >= 0.3 is 0 Å². The van der Waals surface area contributed by atoms with E-state index in [0.717, 1.165) is 25.9 Å². The average molecular weight is 348 g/mol. The van der Waals surface area contributed by atoms with Crippen LogP contribution in [0.1, 0.15) is 6.92 Å². The van der Waals surface area contributed by atoms with Crippen LogP contribution in [0.3, 0.4) is 0 Å². The summed E-state index contributed by atoms with van der Waals surface area (Å²) in [4.78, 5) is 14.4. The van der Waals surface area contributed by atoms with Gasteiger partial charge in [-0.2, -0.15) is 0 Å². The highest BCUT2D eigenvalue weighted by Crippen LogP contribution is 2.14. The number of benzene rings is 1. The highest BCUT2D eigenvalue weighted by molar-refractivity contribution is 7.90. The van der Waals surface area contributed by atoms with Gasteiger partial charge in [-0.05, 0) is 31.2 Å². The summed E-state index contributed by atoms with van der Waals surface area (Å²) in [7, 11) is -3.21. The van der Waals surface area contributed by atoms with Crippen LogP contribution < -0.4 is 10.6 Å². The second-order valence-electron chi connectivity index (χ2n) is 5.37. The summed E-state index contributed by atoms with van der Waals surface area (Å²) in [5.74, 6) is -0.0872. The van der Waals surface area contributed by atoms with Gasteiger partial charge in [0.1, 0.15) is 0 Å². The van der Waals surface area contributed by atoms with E-state index in [0.29, 0.717) is 18.3 Å². The van der Waals surface area contributed by atoms with Crippen LogP contribution in [0.4, 0.5) is 5.69 Å². The van der Waals surface area contributed by atoms with Crippen molar-refractivity contribution in [2.75, 3.05) is 37.8 Å². The Morgan fingerprint density at radius 1 is 1.36 bits per heavy atom. The van der Waals surface area contributed by atoms with Crippen LogP contribution in [-0.2, 0) is 14.6 Å². The van der Waals surface area contributed by atoms with E-state index in [1.807, 2.05) is 0 Å². The lowest BCUT2D eigenvalue weighted by molar-refractivity contribution is -0.118. The Kier molecular flexibility index (Phi) is 6.80. The summed E-state index contributed by atoms with van der Waals surface area (Å²) in [6.45, 7) is 5.05. The van der Waals surface area contributed by atoms with Gasteiger partial charge < -0.3 is 10.6 Å². The fraction of sp³-hybridized carbons (Fsp3) is 0.500. The maximum atomic E-state index is 12.0. The molecule has 0 aliphatic carbocycles. The second kappa shape index (κ2) is 7.92. The Morgan fingerprint density at radius 2 is 2.00 bits per heavy atom. The highest BCUT2D eigenvalue weighted by atomic mass is 35.5. The second-order valence-corrected chi connectivity index (χ2v) is 7.38. The van der Waals surface area contributed by atoms with Crippen LogP contribution in [0.5, 0.6) is 0 Å². The summed E-state index contributed by atoms with van der Waals surface area (Å²) >= 11 is 0. The van der Waals surface area contributed by atoms with Gasteiger partial charge in [0.05, 0.1) is 11.4 Å². The van der Waals surface area contributed by atoms with E-state index in [1.54, 1.807) is 12.1 Å². The number of rotatable bonds is 4. The van der Waals surface area contributed by atoms with E-state index in [9.17, 15) is 13.2 Å². The van der Waals surface area contributed by atoms with E-state index in [2.05, 4.69) is 22.5 Å². The molecule has 0 radical (unpaired) electrons. The molecule has 22 heavy (non-hydrogen) atoms. The number of nitrogens with zero attached hydrogens (tertiary/aromatic N) is 1. The molecule has 1 aliphatic heterocycles. The number of piperazine rings is 1. The molecule has 1 aliphatic rings. The van der Waals surface area contributed by atoms with Gasteiger partial charge in [-0.1, -0.05) is 0 Å². The van der Waals surface area contributed by atoms with Crippen molar-refractivity contribution in [2.45, 2.75) is 17.9 Å². The Morgan fingerprint density at radius 3 is 2.55 bits per heavy atom. The molecule has 0 unspecified atom stereocenters. The standard InChI is InChI=1S/C14H21N3O3S.ClH/c1-11-9-15-7-8-17(11)10-14(18)16-12-3-5-13(6-4-12)21(2,19)20;/h3-6,11,15H,7-10H2,1-2H3,(H,16,18);1H/t11-;/m1./s1. The molecule has 2 rings (SSSR count). The van der Waals surface area contributed by atoms with Gasteiger partial charge in [0.2, 0.25) is 5.91 Å². The minimum absolute atomic E-state index is 0. The molecule has 0 spiro atoms. The smallest absolute Gasteiger partial charge is 0.238 e. The van der Waals surface area contributed by atoms with Crippen molar-refractivity contribution in [1.29, 1.82) is 0 Å². The van der Waals surface area contributed by atoms with Crippen LogP contribution in [0.15, 0.2) is 29.2 Å². The zero-order valence-electron chi connectivity index (χ0n) is 12.7. The SMILES string of the molecule is C[C@@H]1CNCCN1CC(=O)Nc1ccc(S(C)(=O)=O)cc1.Cl. The van der Waals surface area contributed by atoms with Crippen molar-refractivity contribution in [3.63, 3.8) is 0 Å². The molecule has 0 aromatic heterocycles. The molecule has 1 fully saturated rings. The van der Waals surface area contributed by atoms with Crippen molar-refractivity contribution in [3.05, 3.63) is 24.3 Å². The zero-order chi connectivity index (χ0) is 15.5. The summed E-state index contributed by atoms with van der Waals surface area (Å²) < 4.78 is 22.7. The fourth-order valence-electron chi connectivity index (χ4n) is 2.29. The van der Waals surface area contributed by atoms with Gasteiger partial charge in [-0.15, -0.1) is 12.4 Å². The monoisotopic (exact) mass is 347 g/mol. The summed E-state index contributed by atoms with van der Waals surface area (Å²) in [5.41, 5.74) is 0.607. The van der Waals surface area contributed by atoms with Gasteiger partial charge in [-0.3, -0.25) is 9.69 Å². The molecule has 6 nitrogen and oxygen atoms in total. The van der Waals surface area contributed by atoms with E-state index >= 15 is 0 Å². The predicted molar refractivity (Wildman–Crippen MR) is 89.3 cm³/mol. The number of carbonyl (C=O) groups is 1. The Bertz CT molecular complexity index is 604. The van der Waals surface area contributed by atoms with E-state index in [-0.39, 0.29) is 23.2 Å². The largest absolute Gasteiger partial charge is 0.325 e. The number of anilines is 1. The van der Waals surface area contributed by atoms with Crippen molar-refractivity contribution >= 4 is 33.8 Å². The van der Waals surface area contributed by atoms with Crippen LogP contribution in [0, 0.1) is 0 Å². The molecule has 1 amide bonds. The third kappa shape index (κ3) is 5.24. The van der Waals surface area contributed by atoms with Crippen LogP contribution >= 0.6 is 12.4 Å². The topological polar surface area (TPSA) is 78.5 Å². The summed E-state index contributed by atoms with van der Waals surface area (Å²) in [5, 5.41) is 6.07. The van der Waals surface area contributed by atoms with E-state index in [1.165, 1.54) is 12.1 Å². The molecule has 0 bridgehead atoms. The molecule has 0 saturated carbocycles. The molecule has 1 aromatic rings. The normalized spacial score (nSPS) is 19.3. The third-order valence-corrected chi connectivity index (χ3v) is 4.68. The molecular weight excluding hydrogens is 326 g/mol. The first-order valence-corrected chi connectivity index (χ1v) is 8.80.